The third-order valence-corrected chi connectivity index (χ3v) is 6.04. The van der Waals surface area contributed by atoms with Crippen molar-refractivity contribution in [3.63, 3.8) is 0 Å². The minimum absolute atomic E-state index is 0.100. The summed E-state index contributed by atoms with van der Waals surface area (Å²) in [4.78, 5) is 27.9. The van der Waals surface area contributed by atoms with Crippen molar-refractivity contribution >= 4 is 23.6 Å². The number of carbonyl (C=O) groups excluding carboxylic acids is 1. The van der Waals surface area contributed by atoms with Gasteiger partial charge in [0.05, 0.1) is 6.04 Å². The number of hydrogen-bond donors (Lipinski definition) is 1. The summed E-state index contributed by atoms with van der Waals surface area (Å²) in [5.74, 6) is -0.100. The molecule has 7 nitrogen and oxygen atoms in total. The van der Waals surface area contributed by atoms with Crippen molar-refractivity contribution in [1.82, 2.24) is 19.6 Å². The Kier molecular flexibility index (Phi) is 4.79. The molecule has 2 amide bonds. The van der Waals surface area contributed by atoms with Gasteiger partial charge in [0.2, 0.25) is 0 Å². The fourth-order valence-electron chi connectivity index (χ4n) is 4.27. The molecule has 3 heterocycles. The van der Waals surface area contributed by atoms with E-state index in [1.807, 2.05) is 26.1 Å². The van der Waals surface area contributed by atoms with Gasteiger partial charge in [0, 0.05) is 37.4 Å². The third kappa shape index (κ3) is 3.24. The highest BCUT2D eigenvalue weighted by Crippen LogP contribution is 2.38. The van der Waals surface area contributed by atoms with Crippen molar-refractivity contribution in [3.05, 3.63) is 51.3 Å². The second kappa shape index (κ2) is 7.13. The summed E-state index contributed by atoms with van der Waals surface area (Å²) < 4.78 is 1.69. The number of nitrogens with zero attached hydrogens (tertiary/aromatic N) is 4. The van der Waals surface area contributed by atoms with E-state index in [0.717, 1.165) is 35.2 Å². The SMILES string of the molecule is Cc1cc(C(=O)N2CCc3cc(Cl)cc(C4CCCN4C(=O)O)c3C2)nn1C. The summed E-state index contributed by atoms with van der Waals surface area (Å²) in [6, 6.07) is 5.39. The Hall–Kier alpha value is -2.54. The monoisotopic (exact) mass is 402 g/mol. The number of hydrogen-bond acceptors (Lipinski definition) is 3. The number of likely N-dealkylation sites (tertiary alicyclic amines) is 1. The van der Waals surface area contributed by atoms with Gasteiger partial charge in [-0.25, -0.2) is 4.79 Å². The van der Waals surface area contributed by atoms with Crippen LogP contribution in [-0.2, 0) is 20.0 Å². The van der Waals surface area contributed by atoms with Crippen LogP contribution in [0.3, 0.4) is 0 Å². The van der Waals surface area contributed by atoms with E-state index in [1.54, 1.807) is 15.6 Å². The molecule has 4 rings (SSSR count). The van der Waals surface area contributed by atoms with E-state index in [2.05, 4.69) is 5.10 Å². The number of halogens is 1. The van der Waals surface area contributed by atoms with Crippen LogP contribution < -0.4 is 0 Å². The number of rotatable bonds is 2. The summed E-state index contributed by atoms with van der Waals surface area (Å²) in [6.07, 6.45) is 1.38. The van der Waals surface area contributed by atoms with Crippen molar-refractivity contribution in [2.75, 3.05) is 13.1 Å². The fraction of sp³-hybridized carbons (Fsp3) is 0.450. The molecule has 0 saturated carbocycles. The second-order valence-corrected chi connectivity index (χ2v) is 7.97. The first-order valence-electron chi connectivity index (χ1n) is 9.46. The van der Waals surface area contributed by atoms with Gasteiger partial charge in [-0.15, -0.1) is 0 Å². The maximum absolute atomic E-state index is 13.0. The normalized spacial score (nSPS) is 19.0. The zero-order valence-corrected chi connectivity index (χ0v) is 16.7. The van der Waals surface area contributed by atoms with Crippen molar-refractivity contribution in [1.29, 1.82) is 0 Å². The molecule has 0 radical (unpaired) electrons. The van der Waals surface area contributed by atoms with Crippen LogP contribution in [0.1, 0.15) is 51.8 Å². The standard InChI is InChI=1S/C20H23ClN4O3/c1-12-8-17(22-23(12)2)19(26)24-7-5-13-9-14(21)10-15(16(13)11-24)18-4-3-6-25(18)20(27)28/h8-10,18H,3-7,11H2,1-2H3,(H,27,28). The molecule has 2 aliphatic rings. The second-order valence-electron chi connectivity index (χ2n) is 7.54. The molecule has 1 saturated heterocycles. The molecule has 2 aliphatic heterocycles. The quantitative estimate of drug-likeness (QED) is 0.835. The summed E-state index contributed by atoms with van der Waals surface area (Å²) >= 11 is 6.34. The molecule has 0 bridgehead atoms. The van der Waals surface area contributed by atoms with E-state index >= 15 is 0 Å². The molecule has 1 aromatic carbocycles. The largest absolute Gasteiger partial charge is 0.465 e. The van der Waals surface area contributed by atoms with Gasteiger partial charge in [-0.3, -0.25) is 9.48 Å². The van der Waals surface area contributed by atoms with E-state index in [9.17, 15) is 14.7 Å². The molecular formula is C20H23ClN4O3. The molecule has 1 N–H and O–H groups in total. The molecule has 0 spiro atoms. The van der Waals surface area contributed by atoms with Crippen LogP contribution in [0.25, 0.3) is 0 Å². The Morgan fingerprint density at radius 3 is 2.71 bits per heavy atom. The molecule has 1 unspecified atom stereocenters. The summed E-state index contributed by atoms with van der Waals surface area (Å²) in [5.41, 5.74) is 4.41. The molecule has 8 heteroatoms. The molecular weight excluding hydrogens is 380 g/mol. The van der Waals surface area contributed by atoms with E-state index in [1.165, 1.54) is 4.90 Å². The summed E-state index contributed by atoms with van der Waals surface area (Å²) in [5, 5.41) is 14.5. The Balaban J connectivity index is 1.67. The lowest BCUT2D eigenvalue weighted by atomic mass is 9.90. The van der Waals surface area contributed by atoms with Gasteiger partial charge in [0.1, 0.15) is 0 Å². The van der Waals surface area contributed by atoms with Gasteiger partial charge in [-0.05, 0) is 61.1 Å². The first kappa shape index (κ1) is 18.8. The van der Waals surface area contributed by atoms with Gasteiger partial charge in [0.25, 0.3) is 5.91 Å². The summed E-state index contributed by atoms with van der Waals surface area (Å²) in [7, 11) is 1.82. The molecule has 28 heavy (non-hydrogen) atoms. The lowest BCUT2D eigenvalue weighted by Gasteiger charge is -2.33. The number of fused-ring (bicyclic) bond motifs is 1. The van der Waals surface area contributed by atoms with E-state index < -0.39 is 6.09 Å². The van der Waals surface area contributed by atoms with Gasteiger partial charge in [-0.1, -0.05) is 11.6 Å². The average Bonchev–Trinajstić information content (AvgIpc) is 3.27. The molecule has 0 aliphatic carbocycles. The van der Waals surface area contributed by atoms with Gasteiger partial charge >= 0.3 is 6.09 Å². The molecule has 148 valence electrons. The lowest BCUT2D eigenvalue weighted by molar-refractivity contribution is 0.0725. The average molecular weight is 403 g/mol. The smallest absolute Gasteiger partial charge is 0.407 e. The van der Waals surface area contributed by atoms with Crippen LogP contribution in [0.2, 0.25) is 5.02 Å². The zero-order valence-electron chi connectivity index (χ0n) is 16.0. The Morgan fingerprint density at radius 2 is 2.04 bits per heavy atom. The highest BCUT2D eigenvalue weighted by Gasteiger charge is 2.34. The molecule has 1 atom stereocenters. The van der Waals surface area contributed by atoms with Crippen molar-refractivity contribution in [2.24, 2.45) is 7.05 Å². The first-order valence-corrected chi connectivity index (χ1v) is 9.83. The van der Waals surface area contributed by atoms with Crippen LogP contribution in [0.15, 0.2) is 18.2 Å². The zero-order chi connectivity index (χ0) is 20.0. The maximum Gasteiger partial charge on any atom is 0.407 e. The molecule has 2 aromatic rings. The number of amides is 2. The highest BCUT2D eigenvalue weighted by atomic mass is 35.5. The lowest BCUT2D eigenvalue weighted by Crippen LogP contribution is -2.38. The van der Waals surface area contributed by atoms with E-state index in [0.29, 0.717) is 36.8 Å². The number of carbonyl (C=O) groups is 2. The predicted octanol–water partition coefficient (Wildman–Crippen LogP) is 3.40. The van der Waals surface area contributed by atoms with Gasteiger partial charge in [-0.2, -0.15) is 5.10 Å². The highest BCUT2D eigenvalue weighted by molar-refractivity contribution is 6.30. The van der Waals surface area contributed by atoms with Crippen LogP contribution in [-0.4, -0.2) is 49.8 Å². The summed E-state index contributed by atoms with van der Waals surface area (Å²) in [6.45, 7) is 3.47. The van der Waals surface area contributed by atoms with E-state index in [-0.39, 0.29) is 11.9 Å². The van der Waals surface area contributed by atoms with Crippen LogP contribution in [0.4, 0.5) is 4.79 Å². The molecule has 1 aromatic heterocycles. The number of carboxylic acid groups (broad SMARTS) is 1. The van der Waals surface area contributed by atoms with Gasteiger partial charge in [0.15, 0.2) is 5.69 Å². The topological polar surface area (TPSA) is 78.7 Å². The minimum atomic E-state index is -0.913. The minimum Gasteiger partial charge on any atom is -0.465 e. The first-order chi connectivity index (χ1) is 13.3. The fourth-order valence-corrected chi connectivity index (χ4v) is 4.52. The number of benzene rings is 1. The van der Waals surface area contributed by atoms with Crippen molar-refractivity contribution in [3.8, 4) is 0 Å². The van der Waals surface area contributed by atoms with Crippen LogP contribution >= 0.6 is 11.6 Å². The Labute approximate surface area is 168 Å². The molecule has 1 fully saturated rings. The van der Waals surface area contributed by atoms with Crippen molar-refractivity contribution in [2.45, 2.75) is 38.8 Å². The Bertz CT molecular complexity index is 936. The maximum atomic E-state index is 13.0. The number of aromatic nitrogens is 2. The Morgan fingerprint density at radius 1 is 1.25 bits per heavy atom. The predicted molar refractivity (Wildman–Crippen MR) is 105 cm³/mol. The van der Waals surface area contributed by atoms with Crippen LogP contribution in [0, 0.1) is 6.92 Å². The van der Waals surface area contributed by atoms with Crippen LogP contribution in [0.5, 0.6) is 0 Å². The third-order valence-electron chi connectivity index (χ3n) is 5.82. The number of aryl methyl sites for hydroxylation is 2. The van der Waals surface area contributed by atoms with Crippen molar-refractivity contribution < 1.29 is 14.7 Å². The van der Waals surface area contributed by atoms with Gasteiger partial charge < -0.3 is 14.9 Å². The van der Waals surface area contributed by atoms with E-state index in [4.69, 9.17) is 11.6 Å².